The van der Waals surface area contributed by atoms with Gasteiger partial charge in [0.1, 0.15) is 0 Å². The summed E-state index contributed by atoms with van der Waals surface area (Å²) in [5.41, 5.74) is 6.61. The van der Waals surface area contributed by atoms with Gasteiger partial charge in [-0.05, 0) is 37.5 Å². The van der Waals surface area contributed by atoms with Gasteiger partial charge >= 0.3 is 0 Å². The Kier molecular flexibility index (Phi) is 4.88. The molecular weight excluding hydrogens is 236 g/mol. The fraction of sp³-hybridized carbons (Fsp3) is 0.938. The number of nitrogens with zero attached hydrogens (tertiary/aromatic N) is 1. The minimum Gasteiger partial charge on any atom is -0.342 e. The van der Waals surface area contributed by atoms with Gasteiger partial charge in [-0.3, -0.25) is 4.79 Å². The van der Waals surface area contributed by atoms with Crippen molar-refractivity contribution in [2.24, 2.45) is 17.1 Å². The van der Waals surface area contributed by atoms with E-state index in [0.717, 1.165) is 25.9 Å². The first kappa shape index (κ1) is 14.8. The van der Waals surface area contributed by atoms with Gasteiger partial charge in [0.15, 0.2) is 0 Å². The summed E-state index contributed by atoms with van der Waals surface area (Å²) in [5.74, 6) is 0.435. The van der Waals surface area contributed by atoms with Gasteiger partial charge < -0.3 is 10.6 Å². The van der Waals surface area contributed by atoms with E-state index in [-0.39, 0.29) is 12.0 Å². The Morgan fingerprint density at radius 1 is 1.21 bits per heavy atom. The van der Waals surface area contributed by atoms with Crippen molar-refractivity contribution in [1.29, 1.82) is 0 Å². The zero-order valence-corrected chi connectivity index (χ0v) is 12.7. The molecule has 2 rings (SSSR count). The smallest absolute Gasteiger partial charge is 0.227 e. The van der Waals surface area contributed by atoms with Gasteiger partial charge in [0.25, 0.3) is 0 Å². The van der Waals surface area contributed by atoms with Gasteiger partial charge in [-0.25, -0.2) is 0 Å². The predicted octanol–water partition coefficient (Wildman–Crippen LogP) is 2.93. The van der Waals surface area contributed by atoms with E-state index in [1.54, 1.807) is 0 Å². The van der Waals surface area contributed by atoms with Crippen LogP contribution in [-0.4, -0.2) is 29.9 Å². The van der Waals surface area contributed by atoms with E-state index < -0.39 is 0 Å². The van der Waals surface area contributed by atoms with E-state index in [4.69, 9.17) is 5.73 Å². The highest BCUT2D eigenvalue weighted by Crippen LogP contribution is 2.38. The number of nitrogens with two attached hydrogens (primary N) is 1. The minimum atomic E-state index is 0.0898. The molecule has 1 aliphatic heterocycles. The molecule has 1 amide bonds. The molecule has 0 bridgehead atoms. The molecule has 0 aromatic heterocycles. The third-order valence-electron chi connectivity index (χ3n) is 5.64. The third-order valence-corrected chi connectivity index (χ3v) is 5.64. The Morgan fingerprint density at radius 3 is 2.53 bits per heavy atom. The van der Waals surface area contributed by atoms with Crippen molar-refractivity contribution < 1.29 is 4.79 Å². The summed E-state index contributed by atoms with van der Waals surface area (Å²) in [5, 5.41) is 0. The van der Waals surface area contributed by atoms with Crippen molar-refractivity contribution in [2.45, 2.75) is 71.3 Å². The van der Waals surface area contributed by atoms with Crippen LogP contribution in [0.3, 0.4) is 0 Å². The number of amides is 1. The molecule has 1 heterocycles. The second kappa shape index (κ2) is 6.25. The average Bonchev–Trinajstić information content (AvgIpc) is 2.76. The lowest BCUT2D eigenvalue weighted by molar-refractivity contribution is -0.135. The molecular formula is C16H30N2O. The van der Waals surface area contributed by atoms with Gasteiger partial charge in [-0.2, -0.15) is 0 Å². The molecule has 2 unspecified atom stereocenters. The van der Waals surface area contributed by atoms with E-state index in [1.165, 1.54) is 38.5 Å². The van der Waals surface area contributed by atoms with Gasteiger partial charge in [0, 0.05) is 19.1 Å². The SMILES string of the molecule is CCC1(CC)CCN(C(=O)C2CCCCCC2N)C1. The van der Waals surface area contributed by atoms with Crippen LogP contribution in [0, 0.1) is 11.3 Å². The Morgan fingerprint density at radius 2 is 1.89 bits per heavy atom. The number of rotatable bonds is 3. The summed E-state index contributed by atoms with van der Waals surface area (Å²) in [6.07, 6.45) is 9.18. The van der Waals surface area contributed by atoms with E-state index in [1.807, 2.05) is 0 Å². The van der Waals surface area contributed by atoms with E-state index in [0.29, 0.717) is 11.3 Å². The molecule has 0 radical (unpaired) electrons. The molecule has 2 atom stereocenters. The number of hydrogen-bond acceptors (Lipinski definition) is 2. The largest absolute Gasteiger partial charge is 0.342 e. The lowest BCUT2D eigenvalue weighted by Gasteiger charge is -2.29. The number of likely N-dealkylation sites (tertiary alicyclic amines) is 1. The summed E-state index contributed by atoms with van der Waals surface area (Å²) in [7, 11) is 0. The lowest BCUT2D eigenvalue weighted by Crippen LogP contribution is -2.43. The molecule has 3 heteroatoms. The van der Waals surface area contributed by atoms with Gasteiger partial charge in [0.05, 0.1) is 5.92 Å². The van der Waals surface area contributed by atoms with Crippen LogP contribution in [-0.2, 0) is 4.79 Å². The molecule has 1 aliphatic carbocycles. The van der Waals surface area contributed by atoms with Crippen LogP contribution < -0.4 is 5.73 Å². The fourth-order valence-electron chi connectivity index (χ4n) is 3.83. The second-order valence-electron chi connectivity index (χ2n) is 6.63. The molecule has 0 spiro atoms. The molecule has 0 aromatic carbocycles. The Labute approximate surface area is 117 Å². The first-order valence-electron chi connectivity index (χ1n) is 8.16. The van der Waals surface area contributed by atoms with Crippen LogP contribution in [0.1, 0.15) is 65.2 Å². The summed E-state index contributed by atoms with van der Waals surface area (Å²) in [4.78, 5) is 14.8. The first-order valence-corrected chi connectivity index (χ1v) is 8.16. The van der Waals surface area contributed by atoms with Crippen LogP contribution in [0.4, 0.5) is 0 Å². The second-order valence-corrected chi connectivity index (χ2v) is 6.63. The highest BCUT2D eigenvalue weighted by atomic mass is 16.2. The van der Waals surface area contributed by atoms with Crippen LogP contribution >= 0.6 is 0 Å². The standard InChI is InChI=1S/C16H30N2O/c1-3-16(4-2)10-11-18(12-16)15(19)13-8-6-5-7-9-14(13)17/h13-14H,3-12,17H2,1-2H3. The van der Waals surface area contributed by atoms with E-state index in [9.17, 15) is 4.79 Å². The van der Waals surface area contributed by atoms with Crippen molar-refractivity contribution in [1.82, 2.24) is 4.90 Å². The molecule has 1 saturated heterocycles. The van der Waals surface area contributed by atoms with Gasteiger partial charge in [0.2, 0.25) is 5.91 Å². The van der Waals surface area contributed by atoms with Crippen LogP contribution in [0.15, 0.2) is 0 Å². The molecule has 2 N–H and O–H groups in total. The Hall–Kier alpha value is -0.570. The van der Waals surface area contributed by atoms with E-state index in [2.05, 4.69) is 18.7 Å². The zero-order valence-electron chi connectivity index (χ0n) is 12.7. The molecule has 0 aromatic rings. The lowest BCUT2D eigenvalue weighted by atomic mass is 9.82. The normalized spacial score (nSPS) is 31.2. The maximum absolute atomic E-state index is 12.7. The monoisotopic (exact) mass is 266 g/mol. The molecule has 2 fully saturated rings. The molecule has 2 aliphatic rings. The maximum Gasteiger partial charge on any atom is 0.227 e. The van der Waals surface area contributed by atoms with Crippen LogP contribution in [0.2, 0.25) is 0 Å². The number of hydrogen-bond donors (Lipinski definition) is 1. The van der Waals surface area contributed by atoms with Crippen molar-refractivity contribution >= 4 is 5.91 Å². The third kappa shape index (κ3) is 3.13. The highest BCUT2D eigenvalue weighted by molar-refractivity contribution is 5.80. The van der Waals surface area contributed by atoms with Gasteiger partial charge in [-0.1, -0.05) is 33.1 Å². The zero-order chi connectivity index (χ0) is 13.9. The first-order chi connectivity index (χ1) is 9.12. The van der Waals surface area contributed by atoms with Crippen molar-refractivity contribution in [3.05, 3.63) is 0 Å². The topological polar surface area (TPSA) is 46.3 Å². The maximum atomic E-state index is 12.7. The van der Waals surface area contributed by atoms with Gasteiger partial charge in [-0.15, -0.1) is 0 Å². The van der Waals surface area contributed by atoms with Crippen molar-refractivity contribution in [3.63, 3.8) is 0 Å². The molecule has 3 nitrogen and oxygen atoms in total. The van der Waals surface area contributed by atoms with Crippen molar-refractivity contribution in [2.75, 3.05) is 13.1 Å². The molecule has 19 heavy (non-hydrogen) atoms. The Bertz CT molecular complexity index is 312. The minimum absolute atomic E-state index is 0.0898. The fourth-order valence-corrected chi connectivity index (χ4v) is 3.83. The van der Waals surface area contributed by atoms with Crippen molar-refractivity contribution in [3.8, 4) is 0 Å². The quantitative estimate of drug-likeness (QED) is 0.798. The molecule has 1 saturated carbocycles. The number of carbonyl (C=O) groups excluding carboxylic acids is 1. The average molecular weight is 266 g/mol. The number of carbonyl (C=O) groups is 1. The summed E-state index contributed by atoms with van der Waals surface area (Å²) >= 11 is 0. The van der Waals surface area contributed by atoms with Crippen LogP contribution in [0.25, 0.3) is 0 Å². The highest BCUT2D eigenvalue weighted by Gasteiger charge is 2.40. The summed E-state index contributed by atoms with van der Waals surface area (Å²) in [6, 6.07) is 0.0910. The van der Waals surface area contributed by atoms with E-state index >= 15 is 0 Å². The molecule has 110 valence electrons. The summed E-state index contributed by atoms with van der Waals surface area (Å²) < 4.78 is 0. The predicted molar refractivity (Wildman–Crippen MR) is 78.8 cm³/mol. The van der Waals surface area contributed by atoms with Crippen LogP contribution in [0.5, 0.6) is 0 Å². The Balaban J connectivity index is 2.00. The summed E-state index contributed by atoms with van der Waals surface area (Å²) in [6.45, 7) is 6.43.